The van der Waals surface area contributed by atoms with E-state index in [1.54, 1.807) is 29.5 Å². The Morgan fingerprint density at radius 2 is 2.16 bits per heavy atom. The average molecular weight is 296 g/mol. The quantitative estimate of drug-likeness (QED) is 0.804. The average Bonchev–Trinajstić information content (AvgIpc) is 2.68. The van der Waals surface area contributed by atoms with Crippen LogP contribution in [0.3, 0.4) is 0 Å². The number of methoxy groups -OCH3 is 1. The Hall–Kier alpha value is -1.39. The summed E-state index contributed by atoms with van der Waals surface area (Å²) in [5.41, 5.74) is 1.48. The first-order chi connectivity index (χ1) is 9.01. The SMILES string of the molecule is COc1ccc(Cl)cc1C(=O)Cc1nc(C)c(C)s1. The van der Waals surface area contributed by atoms with Crippen LogP contribution in [0.1, 0.15) is 25.9 Å². The maximum atomic E-state index is 12.3. The predicted octanol–water partition coefficient (Wildman–Crippen LogP) is 3.85. The minimum Gasteiger partial charge on any atom is -0.496 e. The zero-order valence-corrected chi connectivity index (χ0v) is 12.6. The number of halogens is 1. The van der Waals surface area contributed by atoms with Crippen LogP contribution in [0.5, 0.6) is 5.75 Å². The zero-order valence-electron chi connectivity index (χ0n) is 11.0. The molecule has 0 atom stereocenters. The highest BCUT2D eigenvalue weighted by atomic mass is 35.5. The summed E-state index contributed by atoms with van der Waals surface area (Å²) in [4.78, 5) is 17.8. The standard InChI is InChI=1S/C14H14ClNO2S/c1-8-9(2)19-14(16-8)7-12(17)11-6-10(15)4-5-13(11)18-3/h4-6H,7H2,1-3H3. The van der Waals surface area contributed by atoms with Crippen molar-refractivity contribution in [1.29, 1.82) is 0 Å². The summed E-state index contributed by atoms with van der Waals surface area (Å²) in [7, 11) is 1.54. The molecule has 19 heavy (non-hydrogen) atoms. The molecule has 0 fully saturated rings. The van der Waals surface area contributed by atoms with E-state index in [9.17, 15) is 4.79 Å². The van der Waals surface area contributed by atoms with Crippen molar-refractivity contribution in [2.45, 2.75) is 20.3 Å². The molecule has 0 saturated carbocycles. The van der Waals surface area contributed by atoms with Gasteiger partial charge >= 0.3 is 0 Å². The van der Waals surface area contributed by atoms with Gasteiger partial charge in [-0.05, 0) is 32.0 Å². The lowest BCUT2D eigenvalue weighted by molar-refractivity contribution is 0.0990. The van der Waals surface area contributed by atoms with Gasteiger partial charge < -0.3 is 4.74 Å². The van der Waals surface area contributed by atoms with Gasteiger partial charge in [-0.25, -0.2) is 4.98 Å². The number of benzene rings is 1. The molecule has 100 valence electrons. The Balaban J connectivity index is 2.27. The zero-order chi connectivity index (χ0) is 14.0. The first kappa shape index (κ1) is 14.0. The lowest BCUT2D eigenvalue weighted by Gasteiger charge is -2.07. The van der Waals surface area contributed by atoms with Crippen LogP contribution < -0.4 is 4.74 Å². The van der Waals surface area contributed by atoms with Crippen LogP contribution in [-0.4, -0.2) is 17.9 Å². The fourth-order valence-corrected chi connectivity index (χ4v) is 2.85. The maximum absolute atomic E-state index is 12.3. The Bertz CT molecular complexity index is 602. The Morgan fingerprint density at radius 1 is 1.42 bits per heavy atom. The summed E-state index contributed by atoms with van der Waals surface area (Å²) in [6.45, 7) is 3.95. The van der Waals surface area contributed by atoms with Crippen LogP contribution in [0.15, 0.2) is 18.2 Å². The van der Waals surface area contributed by atoms with Gasteiger partial charge in [-0.2, -0.15) is 0 Å². The number of carbonyl (C=O) groups excluding carboxylic acids is 1. The Kier molecular flexibility index (Phi) is 4.22. The van der Waals surface area contributed by atoms with E-state index >= 15 is 0 Å². The van der Waals surface area contributed by atoms with E-state index in [0.717, 1.165) is 15.6 Å². The molecule has 0 spiro atoms. The summed E-state index contributed by atoms with van der Waals surface area (Å²) in [5, 5.41) is 1.35. The van der Waals surface area contributed by atoms with Crippen molar-refractivity contribution in [2.24, 2.45) is 0 Å². The minimum atomic E-state index is -0.0342. The van der Waals surface area contributed by atoms with Crippen LogP contribution in [0.25, 0.3) is 0 Å². The third-order valence-corrected chi connectivity index (χ3v) is 4.15. The second kappa shape index (κ2) is 5.72. The third kappa shape index (κ3) is 3.14. The topological polar surface area (TPSA) is 39.2 Å². The molecule has 5 heteroatoms. The van der Waals surface area contributed by atoms with Crippen LogP contribution in [-0.2, 0) is 6.42 Å². The van der Waals surface area contributed by atoms with E-state index in [1.165, 1.54) is 7.11 Å². The van der Waals surface area contributed by atoms with Crippen LogP contribution in [0, 0.1) is 13.8 Å². The highest BCUT2D eigenvalue weighted by Crippen LogP contribution is 2.25. The third-order valence-electron chi connectivity index (χ3n) is 2.85. The van der Waals surface area contributed by atoms with Crippen LogP contribution in [0.2, 0.25) is 5.02 Å². The highest BCUT2D eigenvalue weighted by molar-refractivity contribution is 7.11. The number of aromatic nitrogens is 1. The van der Waals surface area contributed by atoms with E-state index in [-0.39, 0.29) is 12.2 Å². The Labute approximate surface area is 121 Å². The molecule has 1 aromatic heterocycles. The first-order valence-electron chi connectivity index (χ1n) is 5.81. The number of Topliss-reactive ketones (excluding diaryl/α,β-unsaturated/α-hetero) is 1. The molecular weight excluding hydrogens is 282 g/mol. The second-order valence-electron chi connectivity index (χ2n) is 4.19. The monoisotopic (exact) mass is 295 g/mol. The van der Waals surface area contributed by atoms with Gasteiger partial charge in [0.25, 0.3) is 0 Å². The van der Waals surface area contributed by atoms with Crippen molar-refractivity contribution in [1.82, 2.24) is 4.98 Å². The van der Waals surface area contributed by atoms with Gasteiger partial charge in [-0.15, -0.1) is 11.3 Å². The van der Waals surface area contributed by atoms with Crippen molar-refractivity contribution in [2.75, 3.05) is 7.11 Å². The molecule has 1 aromatic carbocycles. The first-order valence-corrected chi connectivity index (χ1v) is 7.00. The molecular formula is C14H14ClNO2S. The van der Waals surface area contributed by atoms with Crippen LogP contribution in [0.4, 0.5) is 0 Å². The summed E-state index contributed by atoms with van der Waals surface area (Å²) in [6.07, 6.45) is 0.274. The highest BCUT2D eigenvalue weighted by Gasteiger charge is 2.16. The Morgan fingerprint density at radius 3 is 2.74 bits per heavy atom. The molecule has 1 heterocycles. The lowest BCUT2D eigenvalue weighted by Crippen LogP contribution is -2.05. The number of ketones is 1. The summed E-state index contributed by atoms with van der Waals surface area (Å²) >= 11 is 7.48. The molecule has 0 saturated heterocycles. The number of hydrogen-bond donors (Lipinski definition) is 0. The maximum Gasteiger partial charge on any atom is 0.173 e. The molecule has 2 rings (SSSR count). The molecule has 2 aromatic rings. The molecule has 3 nitrogen and oxygen atoms in total. The molecule has 0 unspecified atom stereocenters. The van der Waals surface area contributed by atoms with Gasteiger partial charge in [0.15, 0.2) is 5.78 Å². The van der Waals surface area contributed by atoms with Gasteiger partial charge in [-0.1, -0.05) is 11.6 Å². The fourth-order valence-electron chi connectivity index (χ4n) is 1.75. The largest absolute Gasteiger partial charge is 0.496 e. The number of thiazole rings is 1. The van der Waals surface area contributed by atoms with Crippen molar-refractivity contribution in [3.05, 3.63) is 44.4 Å². The van der Waals surface area contributed by atoms with E-state index in [1.807, 2.05) is 13.8 Å². The molecule has 0 aliphatic heterocycles. The van der Waals surface area contributed by atoms with Crippen molar-refractivity contribution < 1.29 is 9.53 Å². The van der Waals surface area contributed by atoms with E-state index in [0.29, 0.717) is 16.3 Å². The second-order valence-corrected chi connectivity index (χ2v) is 5.92. The van der Waals surface area contributed by atoms with Crippen molar-refractivity contribution >= 4 is 28.7 Å². The minimum absolute atomic E-state index is 0.0342. The van der Waals surface area contributed by atoms with Crippen molar-refractivity contribution in [3.8, 4) is 5.75 Å². The summed E-state index contributed by atoms with van der Waals surface area (Å²) in [6, 6.07) is 5.04. The van der Waals surface area contributed by atoms with Gasteiger partial charge in [0, 0.05) is 9.90 Å². The van der Waals surface area contributed by atoms with Gasteiger partial charge in [0.2, 0.25) is 0 Å². The molecule has 0 radical (unpaired) electrons. The number of hydrogen-bond acceptors (Lipinski definition) is 4. The number of rotatable bonds is 4. The molecule has 0 aliphatic carbocycles. The smallest absolute Gasteiger partial charge is 0.173 e. The number of nitrogens with zero attached hydrogens (tertiary/aromatic N) is 1. The van der Waals surface area contributed by atoms with Gasteiger partial charge in [0.05, 0.1) is 24.8 Å². The van der Waals surface area contributed by atoms with Gasteiger partial charge in [-0.3, -0.25) is 4.79 Å². The number of carbonyl (C=O) groups is 1. The molecule has 0 aliphatic rings. The number of aryl methyl sites for hydroxylation is 2. The summed E-state index contributed by atoms with van der Waals surface area (Å²) < 4.78 is 5.19. The predicted molar refractivity (Wildman–Crippen MR) is 77.6 cm³/mol. The normalized spacial score (nSPS) is 10.5. The fraction of sp³-hybridized carbons (Fsp3) is 0.286. The van der Waals surface area contributed by atoms with E-state index in [4.69, 9.17) is 16.3 Å². The lowest BCUT2D eigenvalue weighted by atomic mass is 10.1. The van der Waals surface area contributed by atoms with Crippen LogP contribution >= 0.6 is 22.9 Å². The summed E-state index contributed by atoms with van der Waals surface area (Å²) in [5.74, 6) is 0.507. The number of ether oxygens (including phenoxy) is 1. The van der Waals surface area contributed by atoms with E-state index < -0.39 is 0 Å². The van der Waals surface area contributed by atoms with E-state index in [2.05, 4.69) is 4.98 Å². The van der Waals surface area contributed by atoms with Crippen molar-refractivity contribution in [3.63, 3.8) is 0 Å². The molecule has 0 N–H and O–H groups in total. The molecule has 0 amide bonds. The molecule has 0 bridgehead atoms. The van der Waals surface area contributed by atoms with Gasteiger partial charge in [0.1, 0.15) is 10.8 Å².